The van der Waals surface area contributed by atoms with Crippen molar-refractivity contribution >= 4 is 23.5 Å². The summed E-state index contributed by atoms with van der Waals surface area (Å²) in [7, 11) is 6.24. The molecular formula is C23H29IN4O2. The molecule has 2 aromatic rings. The van der Waals surface area contributed by atoms with Crippen LogP contribution in [0.4, 0.5) is 11.4 Å². The van der Waals surface area contributed by atoms with Gasteiger partial charge in [0.15, 0.2) is 0 Å². The van der Waals surface area contributed by atoms with Crippen molar-refractivity contribution in [2.24, 2.45) is 5.10 Å². The largest absolute Gasteiger partial charge is 1.00 e. The van der Waals surface area contributed by atoms with Crippen LogP contribution in [0.3, 0.4) is 0 Å². The van der Waals surface area contributed by atoms with Gasteiger partial charge in [0.05, 0.1) is 27.4 Å². The van der Waals surface area contributed by atoms with Crippen LogP contribution in [0.5, 0.6) is 5.75 Å². The van der Waals surface area contributed by atoms with Gasteiger partial charge in [-0.1, -0.05) is 0 Å². The summed E-state index contributed by atoms with van der Waals surface area (Å²) < 4.78 is 0.692. The molecule has 6 nitrogen and oxygen atoms in total. The Labute approximate surface area is 195 Å². The Hall–Kier alpha value is -2.13. The normalized spacial score (nSPS) is 15.5. The molecule has 7 heteroatoms. The number of nitrogens with one attached hydrogen (secondary N) is 1. The molecule has 2 aliphatic rings. The highest BCUT2D eigenvalue weighted by Crippen LogP contribution is 2.41. The minimum Gasteiger partial charge on any atom is -1.00 e. The summed E-state index contributed by atoms with van der Waals surface area (Å²) in [6, 6.07) is 9.52. The number of rotatable bonds is 4. The summed E-state index contributed by atoms with van der Waals surface area (Å²) in [6.45, 7) is 2.13. The van der Waals surface area contributed by atoms with Gasteiger partial charge in [-0.2, -0.15) is 5.10 Å². The molecule has 0 saturated carbocycles. The van der Waals surface area contributed by atoms with Gasteiger partial charge in [0.1, 0.15) is 11.4 Å². The molecule has 1 amide bonds. The minimum atomic E-state index is -0.265. The van der Waals surface area contributed by atoms with Gasteiger partial charge in [-0.25, -0.2) is 5.43 Å². The fraction of sp³-hybridized carbons (Fsp3) is 0.391. The number of nitrogens with zero attached hydrogens (tertiary/aromatic N) is 3. The zero-order chi connectivity index (χ0) is 20.6. The minimum absolute atomic E-state index is 0. The summed E-state index contributed by atoms with van der Waals surface area (Å²) in [6.07, 6.45) is 5.65. The number of quaternary nitrogens is 1. The van der Waals surface area contributed by atoms with Crippen molar-refractivity contribution in [2.75, 3.05) is 39.1 Å². The monoisotopic (exact) mass is 520 g/mol. The maximum atomic E-state index is 12.4. The first-order valence-electron chi connectivity index (χ1n) is 10.2. The van der Waals surface area contributed by atoms with Gasteiger partial charge in [0.2, 0.25) is 0 Å². The Bertz CT molecular complexity index is 963. The third-order valence-corrected chi connectivity index (χ3v) is 5.80. The van der Waals surface area contributed by atoms with Crippen LogP contribution >= 0.6 is 0 Å². The van der Waals surface area contributed by atoms with Crippen LogP contribution in [0.25, 0.3) is 0 Å². The van der Waals surface area contributed by atoms with Crippen molar-refractivity contribution in [1.29, 1.82) is 0 Å². The summed E-state index contributed by atoms with van der Waals surface area (Å²) in [5.74, 6) is 0.0276. The second-order valence-corrected chi connectivity index (χ2v) is 8.75. The second-order valence-electron chi connectivity index (χ2n) is 8.75. The van der Waals surface area contributed by atoms with Crippen LogP contribution in [-0.4, -0.2) is 51.5 Å². The van der Waals surface area contributed by atoms with Crippen LogP contribution in [-0.2, 0) is 12.8 Å². The van der Waals surface area contributed by atoms with Gasteiger partial charge < -0.3 is 34.0 Å². The lowest BCUT2D eigenvalue weighted by atomic mass is 9.89. The molecule has 0 radical (unpaired) electrons. The SMILES string of the molecule is C[N+](C)(C)c1ccc(C(=O)N/N=C/c2cc3c4c(c2O)CCCN4CCC3)cc1.[I-]. The lowest BCUT2D eigenvalue weighted by Crippen LogP contribution is -3.00. The van der Waals surface area contributed by atoms with E-state index in [-0.39, 0.29) is 29.9 Å². The summed E-state index contributed by atoms with van der Waals surface area (Å²) in [5.41, 5.74) is 8.44. The van der Waals surface area contributed by atoms with Gasteiger partial charge in [0.25, 0.3) is 5.91 Å². The molecule has 0 fully saturated rings. The van der Waals surface area contributed by atoms with Gasteiger partial charge in [-0.05, 0) is 61.6 Å². The maximum absolute atomic E-state index is 12.4. The number of carbonyl (C=O) groups is 1. The van der Waals surface area contributed by atoms with Crippen molar-refractivity contribution in [3.8, 4) is 5.75 Å². The zero-order valence-electron chi connectivity index (χ0n) is 17.8. The highest BCUT2D eigenvalue weighted by Gasteiger charge is 2.27. The van der Waals surface area contributed by atoms with Gasteiger partial charge in [-0.15, -0.1) is 0 Å². The Morgan fingerprint density at radius 3 is 2.47 bits per heavy atom. The van der Waals surface area contributed by atoms with Gasteiger partial charge >= 0.3 is 0 Å². The van der Waals surface area contributed by atoms with Crippen LogP contribution < -0.4 is 38.8 Å². The standard InChI is InChI=1S/C23H28N4O2.HI/c1-27(2,3)19-10-8-16(9-11-19)23(29)25-24-15-18-14-17-6-4-12-26-13-5-7-20(21(17)26)22(18)28;/h8-11,14-15H,4-7,12-13H2,1-3H3,(H-,24,25,28,29);1H. The van der Waals surface area contributed by atoms with Crippen LogP contribution in [0.15, 0.2) is 35.4 Å². The van der Waals surface area contributed by atoms with E-state index >= 15 is 0 Å². The first kappa shape index (κ1) is 22.6. The summed E-state index contributed by atoms with van der Waals surface area (Å²) >= 11 is 0. The predicted octanol–water partition coefficient (Wildman–Crippen LogP) is 0.0556. The molecule has 2 N–H and O–H groups in total. The number of amides is 1. The highest BCUT2D eigenvalue weighted by atomic mass is 127. The number of hydrogen-bond acceptors (Lipinski definition) is 4. The average Bonchev–Trinajstić information content (AvgIpc) is 2.71. The third-order valence-electron chi connectivity index (χ3n) is 5.80. The Balaban J connectivity index is 0.00000256. The fourth-order valence-electron chi connectivity index (χ4n) is 4.25. The third kappa shape index (κ3) is 4.46. The molecule has 0 atom stereocenters. The quantitative estimate of drug-likeness (QED) is 0.260. The number of anilines is 1. The Morgan fingerprint density at radius 1 is 1.13 bits per heavy atom. The Kier molecular flexibility index (Phi) is 6.71. The number of aryl methyl sites for hydroxylation is 1. The number of phenols is 1. The predicted molar refractivity (Wildman–Crippen MR) is 118 cm³/mol. The smallest absolute Gasteiger partial charge is 0.271 e. The molecule has 0 spiro atoms. The molecule has 0 aliphatic carbocycles. The molecule has 2 aromatic carbocycles. The molecule has 160 valence electrons. The number of hydrazone groups is 1. The molecule has 0 aromatic heterocycles. The molecule has 30 heavy (non-hydrogen) atoms. The molecule has 2 heterocycles. The topological polar surface area (TPSA) is 64.9 Å². The first-order valence-corrected chi connectivity index (χ1v) is 10.2. The zero-order valence-corrected chi connectivity index (χ0v) is 19.9. The lowest BCUT2D eigenvalue weighted by molar-refractivity contribution is -0.0000152. The first-order chi connectivity index (χ1) is 13.8. The van der Waals surface area contributed by atoms with Gasteiger partial charge in [-0.3, -0.25) is 9.28 Å². The molecular weight excluding hydrogens is 491 g/mol. The molecule has 0 saturated heterocycles. The van der Waals surface area contributed by atoms with Crippen LogP contribution in [0.1, 0.15) is 39.9 Å². The van der Waals surface area contributed by atoms with Crippen molar-refractivity contribution in [1.82, 2.24) is 9.91 Å². The van der Waals surface area contributed by atoms with E-state index in [1.807, 2.05) is 18.2 Å². The average molecular weight is 520 g/mol. The van der Waals surface area contributed by atoms with Crippen molar-refractivity contribution in [3.63, 3.8) is 0 Å². The molecule has 4 rings (SSSR count). The van der Waals surface area contributed by atoms with Crippen LogP contribution in [0.2, 0.25) is 0 Å². The number of carbonyl (C=O) groups excluding carboxylic acids is 1. The van der Waals surface area contributed by atoms with Crippen LogP contribution in [0, 0.1) is 0 Å². The van der Waals surface area contributed by atoms with E-state index in [0.717, 1.165) is 50.0 Å². The lowest BCUT2D eigenvalue weighted by Gasteiger charge is -2.37. The van der Waals surface area contributed by atoms with E-state index in [9.17, 15) is 9.90 Å². The number of benzene rings is 2. The maximum Gasteiger partial charge on any atom is 0.271 e. The number of aromatic hydroxyl groups is 1. The molecule has 0 bridgehead atoms. The van der Waals surface area contributed by atoms with Gasteiger partial charge in [0, 0.05) is 35.5 Å². The van der Waals surface area contributed by atoms with E-state index < -0.39 is 0 Å². The van der Waals surface area contributed by atoms with E-state index in [0.29, 0.717) is 21.4 Å². The number of phenolic OH excluding ortho intramolecular Hbond substituents is 1. The summed E-state index contributed by atoms with van der Waals surface area (Å²) in [5, 5.41) is 14.9. The van der Waals surface area contributed by atoms with Crippen molar-refractivity contribution in [2.45, 2.75) is 25.7 Å². The van der Waals surface area contributed by atoms with E-state index in [1.54, 1.807) is 18.3 Å². The number of halogens is 1. The fourth-order valence-corrected chi connectivity index (χ4v) is 4.25. The van der Waals surface area contributed by atoms with E-state index in [1.165, 1.54) is 11.3 Å². The second kappa shape index (κ2) is 8.93. The van der Waals surface area contributed by atoms with Crippen molar-refractivity contribution in [3.05, 3.63) is 52.6 Å². The van der Waals surface area contributed by atoms with E-state index in [2.05, 4.69) is 36.6 Å². The molecule has 0 unspecified atom stereocenters. The highest BCUT2D eigenvalue weighted by molar-refractivity contribution is 5.95. The molecule has 2 aliphatic heterocycles. The number of hydrogen-bond donors (Lipinski definition) is 2. The Morgan fingerprint density at radius 2 is 1.80 bits per heavy atom. The van der Waals surface area contributed by atoms with E-state index in [4.69, 9.17) is 0 Å². The van der Waals surface area contributed by atoms with Crippen molar-refractivity contribution < 1.29 is 33.9 Å². The summed E-state index contributed by atoms with van der Waals surface area (Å²) in [4.78, 5) is 14.8.